The molecule has 0 bridgehead atoms. The Labute approximate surface area is 162 Å². The molecule has 0 radical (unpaired) electrons. The first-order valence-corrected chi connectivity index (χ1v) is 11.4. The van der Waals surface area contributed by atoms with Gasteiger partial charge in [-0.25, -0.2) is 0 Å². The van der Waals surface area contributed by atoms with Gasteiger partial charge >= 0.3 is 10.4 Å². The molecule has 1 unspecified atom stereocenters. The van der Waals surface area contributed by atoms with Crippen LogP contribution < -0.4 is 5.73 Å². The second-order valence-electron chi connectivity index (χ2n) is 7.79. The topological polar surface area (TPSA) is 121 Å². The molecule has 0 aliphatic heterocycles. The van der Waals surface area contributed by atoms with E-state index in [2.05, 4.69) is 13.8 Å². The van der Waals surface area contributed by atoms with Gasteiger partial charge in [0.2, 0.25) is 0 Å². The van der Waals surface area contributed by atoms with Crippen molar-refractivity contribution in [2.45, 2.75) is 118 Å². The SMILES string of the molecule is CC(C)(C)C(N)O.CCCCCCCCCCCCCC.O=S(=O)(O)O. The molecule has 6 nitrogen and oxygen atoms in total. The summed E-state index contributed by atoms with van der Waals surface area (Å²) in [6.45, 7) is 10.2. The van der Waals surface area contributed by atoms with Crippen LogP contribution in [0, 0.1) is 5.41 Å². The predicted octanol–water partition coefficient (Wildman–Crippen LogP) is 5.36. The minimum Gasteiger partial charge on any atom is -0.378 e. The smallest absolute Gasteiger partial charge is 0.378 e. The average Bonchev–Trinajstić information content (AvgIpc) is 2.47. The van der Waals surface area contributed by atoms with E-state index in [-0.39, 0.29) is 5.41 Å². The maximum atomic E-state index is 8.74. The van der Waals surface area contributed by atoms with Crippen molar-refractivity contribution < 1.29 is 22.6 Å². The summed E-state index contributed by atoms with van der Waals surface area (Å²) in [5.41, 5.74) is 4.96. The van der Waals surface area contributed by atoms with Crippen molar-refractivity contribution in [3.63, 3.8) is 0 Å². The van der Waals surface area contributed by atoms with E-state index in [0.29, 0.717) is 0 Å². The third-order valence-corrected chi connectivity index (χ3v) is 3.84. The van der Waals surface area contributed by atoms with Crippen LogP contribution in [-0.2, 0) is 10.4 Å². The molecule has 0 aromatic carbocycles. The van der Waals surface area contributed by atoms with Crippen LogP contribution in [0.1, 0.15) is 112 Å². The van der Waals surface area contributed by atoms with Gasteiger partial charge < -0.3 is 10.8 Å². The van der Waals surface area contributed by atoms with Gasteiger partial charge in [0, 0.05) is 5.41 Å². The van der Waals surface area contributed by atoms with Crippen molar-refractivity contribution in [2.75, 3.05) is 0 Å². The van der Waals surface area contributed by atoms with Crippen molar-refractivity contribution in [1.29, 1.82) is 0 Å². The molecule has 0 aliphatic carbocycles. The zero-order valence-electron chi connectivity index (χ0n) is 17.7. The average molecular weight is 400 g/mol. The van der Waals surface area contributed by atoms with Gasteiger partial charge in [0.15, 0.2) is 0 Å². The Morgan fingerprint density at radius 2 is 0.885 bits per heavy atom. The molecule has 0 fully saturated rings. The highest BCUT2D eigenvalue weighted by Gasteiger charge is 2.16. The van der Waals surface area contributed by atoms with E-state index in [9.17, 15) is 0 Å². The first kappa shape index (κ1) is 30.5. The molecule has 0 heterocycles. The lowest BCUT2D eigenvalue weighted by Gasteiger charge is -2.20. The number of aliphatic hydroxyl groups excluding tert-OH is 1. The Balaban J connectivity index is -0.000000366. The highest BCUT2D eigenvalue weighted by atomic mass is 32.3. The monoisotopic (exact) mass is 399 g/mol. The quantitative estimate of drug-likeness (QED) is 0.211. The van der Waals surface area contributed by atoms with Crippen molar-refractivity contribution >= 4 is 10.4 Å². The Hall–Kier alpha value is -0.210. The summed E-state index contributed by atoms with van der Waals surface area (Å²) in [6, 6.07) is 0. The maximum absolute atomic E-state index is 8.74. The van der Waals surface area contributed by atoms with Crippen LogP contribution in [-0.4, -0.2) is 28.9 Å². The Morgan fingerprint density at radius 3 is 1.00 bits per heavy atom. The minimum atomic E-state index is -4.67. The minimum absolute atomic E-state index is 0.167. The first-order valence-electron chi connectivity index (χ1n) is 9.99. The van der Waals surface area contributed by atoms with Crippen LogP contribution in [0.2, 0.25) is 0 Å². The molecule has 162 valence electrons. The van der Waals surface area contributed by atoms with E-state index in [4.69, 9.17) is 28.4 Å². The standard InChI is InChI=1S/C14H30.C5H13NO.H2O4S/c1-3-5-7-9-11-13-14-12-10-8-6-4-2;1-5(2,3)4(6)7;1-5(2,3)4/h3-14H2,1-2H3;4,7H,6H2,1-3H3;(H2,1,2,3,4). The molecular formula is C19H45NO5S. The molecule has 0 amide bonds. The summed E-state index contributed by atoms with van der Waals surface area (Å²) < 4.78 is 31.6. The van der Waals surface area contributed by atoms with E-state index in [1.54, 1.807) is 0 Å². The molecular weight excluding hydrogens is 354 g/mol. The lowest BCUT2D eigenvalue weighted by atomic mass is 9.95. The van der Waals surface area contributed by atoms with Gasteiger partial charge in [0.05, 0.1) is 0 Å². The van der Waals surface area contributed by atoms with Gasteiger partial charge in [0.1, 0.15) is 6.23 Å². The highest BCUT2D eigenvalue weighted by molar-refractivity contribution is 7.79. The largest absolute Gasteiger partial charge is 0.394 e. The molecule has 0 aromatic rings. The molecule has 0 spiro atoms. The Bertz CT molecular complexity index is 345. The van der Waals surface area contributed by atoms with Crippen LogP contribution >= 0.6 is 0 Å². The lowest BCUT2D eigenvalue weighted by Crippen LogP contribution is -2.34. The zero-order valence-corrected chi connectivity index (χ0v) is 18.5. The summed E-state index contributed by atoms with van der Waals surface area (Å²) in [4.78, 5) is 0. The van der Waals surface area contributed by atoms with E-state index in [1.165, 1.54) is 77.0 Å². The second-order valence-corrected chi connectivity index (χ2v) is 8.69. The van der Waals surface area contributed by atoms with Crippen LogP contribution in [0.4, 0.5) is 0 Å². The highest BCUT2D eigenvalue weighted by Crippen LogP contribution is 2.14. The predicted molar refractivity (Wildman–Crippen MR) is 111 cm³/mol. The van der Waals surface area contributed by atoms with Gasteiger partial charge in [-0.15, -0.1) is 0 Å². The van der Waals surface area contributed by atoms with Crippen LogP contribution in [0.25, 0.3) is 0 Å². The van der Waals surface area contributed by atoms with E-state index < -0.39 is 16.6 Å². The molecule has 5 N–H and O–H groups in total. The van der Waals surface area contributed by atoms with E-state index in [0.717, 1.165) is 0 Å². The molecule has 7 heteroatoms. The van der Waals surface area contributed by atoms with Gasteiger partial charge in [-0.3, -0.25) is 9.11 Å². The number of nitrogens with two attached hydrogens (primary N) is 1. The number of unbranched alkanes of at least 4 members (excludes halogenated alkanes) is 11. The molecule has 0 rings (SSSR count). The summed E-state index contributed by atoms with van der Waals surface area (Å²) in [5, 5.41) is 8.67. The molecule has 0 saturated carbocycles. The van der Waals surface area contributed by atoms with Crippen molar-refractivity contribution in [3.8, 4) is 0 Å². The van der Waals surface area contributed by atoms with E-state index in [1.807, 2.05) is 20.8 Å². The molecule has 0 saturated heterocycles. The van der Waals surface area contributed by atoms with Gasteiger partial charge in [-0.05, 0) is 0 Å². The first-order chi connectivity index (χ1) is 11.9. The van der Waals surface area contributed by atoms with Crippen molar-refractivity contribution in [3.05, 3.63) is 0 Å². The van der Waals surface area contributed by atoms with Crippen LogP contribution in [0.15, 0.2) is 0 Å². The maximum Gasteiger partial charge on any atom is 0.394 e. The van der Waals surface area contributed by atoms with Crippen molar-refractivity contribution in [1.82, 2.24) is 0 Å². The zero-order chi connectivity index (χ0) is 21.1. The number of aliphatic hydroxyl groups is 1. The van der Waals surface area contributed by atoms with Crippen LogP contribution in [0.5, 0.6) is 0 Å². The molecule has 1 atom stereocenters. The Kier molecular flexibility index (Phi) is 22.9. The van der Waals surface area contributed by atoms with E-state index >= 15 is 0 Å². The normalized spacial score (nSPS) is 12.5. The summed E-state index contributed by atoms with van der Waals surface area (Å²) in [7, 11) is -4.67. The molecule has 0 aliphatic rings. The number of rotatable bonds is 11. The third kappa shape index (κ3) is 43.8. The fraction of sp³-hybridized carbons (Fsp3) is 1.00. The van der Waals surface area contributed by atoms with Crippen molar-refractivity contribution in [2.24, 2.45) is 11.1 Å². The third-order valence-electron chi connectivity index (χ3n) is 3.84. The second kappa shape index (κ2) is 19.5. The molecule has 0 aromatic heterocycles. The summed E-state index contributed by atoms with van der Waals surface area (Å²) in [5.74, 6) is 0. The fourth-order valence-corrected chi connectivity index (χ4v) is 1.91. The number of hydrogen-bond donors (Lipinski definition) is 4. The number of hydrogen-bond acceptors (Lipinski definition) is 4. The molecule has 26 heavy (non-hydrogen) atoms. The Morgan fingerprint density at radius 1 is 0.731 bits per heavy atom. The van der Waals surface area contributed by atoms with Gasteiger partial charge in [-0.1, -0.05) is 112 Å². The van der Waals surface area contributed by atoms with Gasteiger partial charge in [-0.2, -0.15) is 8.42 Å². The summed E-state index contributed by atoms with van der Waals surface area (Å²) >= 11 is 0. The van der Waals surface area contributed by atoms with Gasteiger partial charge in [0.25, 0.3) is 0 Å². The lowest BCUT2D eigenvalue weighted by molar-refractivity contribution is 0.0692. The van der Waals surface area contributed by atoms with Crippen LogP contribution in [0.3, 0.4) is 0 Å². The summed E-state index contributed by atoms with van der Waals surface area (Å²) in [6.07, 6.45) is 16.7. The fourth-order valence-electron chi connectivity index (χ4n) is 1.91.